The molecule has 2 rings (SSSR count). The van der Waals surface area contributed by atoms with Gasteiger partial charge in [-0.3, -0.25) is 0 Å². The molecule has 70 valence electrons. The van der Waals surface area contributed by atoms with Crippen molar-refractivity contribution in [3.8, 4) is 0 Å². The Kier molecular flexibility index (Phi) is 2.34. The van der Waals surface area contributed by atoms with E-state index < -0.39 is 0 Å². The molecule has 2 heteroatoms. The molecule has 0 bridgehead atoms. The third-order valence-corrected chi connectivity index (χ3v) is 2.80. The Balaban J connectivity index is 2.41. The lowest BCUT2D eigenvalue weighted by Gasteiger charge is -2.10. The zero-order valence-corrected chi connectivity index (χ0v) is 7.79. The molecule has 1 atom stereocenters. The van der Waals surface area contributed by atoms with Crippen molar-refractivity contribution in [3.05, 3.63) is 34.9 Å². The normalized spacial score (nSPS) is 20.3. The van der Waals surface area contributed by atoms with Gasteiger partial charge in [-0.25, -0.2) is 0 Å². The molecule has 2 nitrogen and oxygen atoms in total. The van der Waals surface area contributed by atoms with E-state index in [1.807, 2.05) is 0 Å². The topological polar surface area (TPSA) is 52.0 Å². The Bertz CT molecular complexity index is 307. The van der Waals surface area contributed by atoms with Crippen molar-refractivity contribution in [1.29, 1.82) is 0 Å². The average Bonchev–Trinajstić information content (AvgIpc) is 2.50. The van der Waals surface area contributed by atoms with Crippen molar-refractivity contribution in [3.63, 3.8) is 0 Å². The van der Waals surface area contributed by atoms with E-state index in [9.17, 15) is 0 Å². The summed E-state index contributed by atoms with van der Waals surface area (Å²) in [4.78, 5) is 0. The first-order chi connectivity index (χ1) is 6.33. The quantitative estimate of drug-likeness (QED) is 0.709. The Morgan fingerprint density at radius 3 is 3.00 bits per heavy atom. The molecule has 0 saturated carbocycles. The highest BCUT2D eigenvalue weighted by Crippen LogP contribution is 2.31. The van der Waals surface area contributed by atoms with E-state index >= 15 is 0 Å². The molecule has 4 N–H and O–H groups in total. The molecular weight excluding hydrogens is 160 g/mol. The summed E-state index contributed by atoms with van der Waals surface area (Å²) in [5.41, 5.74) is 15.7. The van der Waals surface area contributed by atoms with Gasteiger partial charge in [-0.05, 0) is 42.5 Å². The van der Waals surface area contributed by atoms with Gasteiger partial charge in [-0.2, -0.15) is 0 Å². The van der Waals surface area contributed by atoms with Crippen molar-refractivity contribution in [2.24, 2.45) is 11.5 Å². The van der Waals surface area contributed by atoms with Crippen LogP contribution in [0.1, 0.15) is 29.2 Å². The first-order valence-electron chi connectivity index (χ1n) is 4.89. The molecule has 0 saturated heterocycles. The standard InChI is InChI=1S/C11H16N2/c12-7-6-9-3-1-2-8-4-5-10(13)11(8)9/h1-3,10H,4-7,12-13H2. The van der Waals surface area contributed by atoms with E-state index in [-0.39, 0.29) is 6.04 Å². The molecule has 0 amide bonds. The number of fused-ring (bicyclic) bond motifs is 1. The van der Waals surface area contributed by atoms with E-state index in [4.69, 9.17) is 11.5 Å². The van der Waals surface area contributed by atoms with Gasteiger partial charge < -0.3 is 11.5 Å². The van der Waals surface area contributed by atoms with Gasteiger partial charge in [0.05, 0.1) is 0 Å². The van der Waals surface area contributed by atoms with E-state index in [2.05, 4.69) is 18.2 Å². The predicted octanol–water partition coefficient (Wildman–Crippen LogP) is 1.13. The molecule has 1 aliphatic rings. The van der Waals surface area contributed by atoms with Crippen molar-refractivity contribution in [1.82, 2.24) is 0 Å². The molecular formula is C11H16N2. The summed E-state index contributed by atoms with van der Waals surface area (Å²) in [5.74, 6) is 0. The van der Waals surface area contributed by atoms with E-state index in [0.29, 0.717) is 6.54 Å². The van der Waals surface area contributed by atoms with Crippen LogP contribution in [0.5, 0.6) is 0 Å². The lowest BCUT2D eigenvalue weighted by Crippen LogP contribution is -2.11. The van der Waals surface area contributed by atoms with E-state index in [1.54, 1.807) is 0 Å². The van der Waals surface area contributed by atoms with Crippen LogP contribution in [-0.2, 0) is 12.8 Å². The molecule has 0 heterocycles. The van der Waals surface area contributed by atoms with Crippen LogP contribution >= 0.6 is 0 Å². The van der Waals surface area contributed by atoms with Gasteiger partial charge in [0.2, 0.25) is 0 Å². The minimum atomic E-state index is 0.248. The van der Waals surface area contributed by atoms with Gasteiger partial charge >= 0.3 is 0 Å². The summed E-state index contributed by atoms with van der Waals surface area (Å²) in [5, 5.41) is 0. The molecule has 1 aromatic rings. The van der Waals surface area contributed by atoms with Crippen molar-refractivity contribution >= 4 is 0 Å². The Morgan fingerprint density at radius 1 is 1.38 bits per heavy atom. The molecule has 0 aliphatic heterocycles. The maximum atomic E-state index is 6.04. The lowest BCUT2D eigenvalue weighted by atomic mass is 9.99. The number of nitrogens with two attached hydrogens (primary N) is 2. The maximum Gasteiger partial charge on any atom is 0.0303 e. The van der Waals surface area contributed by atoms with Crippen LogP contribution in [-0.4, -0.2) is 6.54 Å². The Labute approximate surface area is 78.9 Å². The molecule has 1 unspecified atom stereocenters. The third kappa shape index (κ3) is 1.47. The number of aryl methyl sites for hydroxylation is 1. The predicted molar refractivity (Wildman–Crippen MR) is 54.4 cm³/mol. The highest BCUT2D eigenvalue weighted by Gasteiger charge is 2.21. The minimum absolute atomic E-state index is 0.248. The van der Waals surface area contributed by atoms with Gasteiger partial charge in [0, 0.05) is 6.04 Å². The zero-order chi connectivity index (χ0) is 9.26. The highest BCUT2D eigenvalue weighted by molar-refractivity contribution is 5.41. The fourth-order valence-corrected chi connectivity index (χ4v) is 2.19. The van der Waals surface area contributed by atoms with Crippen LogP contribution in [0, 0.1) is 0 Å². The smallest absolute Gasteiger partial charge is 0.0303 e. The summed E-state index contributed by atoms with van der Waals surface area (Å²) in [6.45, 7) is 0.711. The summed E-state index contributed by atoms with van der Waals surface area (Å²) in [6.07, 6.45) is 3.18. The van der Waals surface area contributed by atoms with Crippen LogP contribution in [0.3, 0.4) is 0 Å². The fourth-order valence-electron chi connectivity index (χ4n) is 2.19. The van der Waals surface area contributed by atoms with Crippen molar-refractivity contribution < 1.29 is 0 Å². The first kappa shape index (κ1) is 8.73. The molecule has 1 aromatic carbocycles. The summed E-state index contributed by atoms with van der Waals surface area (Å²) < 4.78 is 0. The minimum Gasteiger partial charge on any atom is -0.330 e. The lowest BCUT2D eigenvalue weighted by molar-refractivity contribution is 0.706. The molecule has 0 spiro atoms. The monoisotopic (exact) mass is 176 g/mol. The number of hydrogen-bond donors (Lipinski definition) is 2. The zero-order valence-electron chi connectivity index (χ0n) is 7.79. The van der Waals surface area contributed by atoms with Gasteiger partial charge in [0.15, 0.2) is 0 Å². The second kappa shape index (κ2) is 3.48. The van der Waals surface area contributed by atoms with Gasteiger partial charge in [-0.1, -0.05) is 18.2 Å². The molecule has 0 fully saturated rings. The third-order valence-electron chi connectivity index (χ3n) is 2.80. The summed E-state index contributed by atoms with van der Waals surface area (Å²) in [6, 6.07) is 6.69. The van der Waals surface area contributed by atoms with Crippen LogP contribution in [0.2, 0.25) is 0 Å². The van der Waals surface area contributed by atoms with Crippen LogP contribution in [0.25, 0.3) is 0 Å². The summed E-state index contributed by atoms with van der Waals surface area (Å²) >= 11 is 0. The van der Waals surface area contributed by atoms with Gasteiger partial charge in [0.25, 0.3) is 0 Å². The van der Waals surface area contributed by atoms with Crippen LogP contribution in [0.15, 0.2) is 18.2 Å². The van der Waals surface area contributed by atoms with Crippen molar-refractivity contribution in [2.75, 3.05) is 6.54 Å². The number of hydrogen-bond acceptors (Lipinski definition) is 2. The van der Waals surface area contributed by atoms with Crippen LogP contribution in [0.4, 0.5) is 0 Å². The molecule has 13 heavy (non-hydrogen) atoms. The second-order valence-electron chi connectivity index (χ2n) is 3.67. The average molecular weight is 176 g/mol. The van der Waals surface area contributed by atoms with Gasteiger partial charge in [0.1, 0.15) is 0 Å². The maximum absolute atomic E-state index is 6.04. The molecule has 1 aliphatic carbocycles. The Hall–Kier alpha value is -0.860. The van der Waals surface area contributed by atoms with E-state index in [0.717, 1.165) is 19.3 Å². The van der Waals surface area contributed by atoms with Gasteiger partial charge in [-0.15, -0.1) is 0 Å². The van der Waals surface area contributed by atoms with Crippen molar-refractivity contribution in [2.45, 2.75) is 25.3 Å². The van der Waals surface area contributed by atoms with E-state index in [1.165, 1.54) is 16.7 Å². The number of rotatable bonds is 2. The first-order valence-corrected chi connectivity index (χ1v) is 4.89. The van der Waals surface area contributed by atoms with Crippen LogP contribution < -0.4 is 11.5 Å². The molecule has 0 radical (unpaired) electrons. The Morgan fingerprint density at radius 2 is 2.23 bits per heavy atom. The highest BCUT2D eigenvalue weighted by atomic mass is 14.6. The summed E-state index contributed by atoms with van der Waals surface area (Å²) in [7, 11) is 0. The number of benzene rings is 1. The molecule has 0 aromatic heterocycles. The fraction of sp³-hybridized carbons (Fsp3) is 0.455. The SMILES string of the molecule is NCCc1cccc2c1C(N)CC2. The second-order valence-corrected chi connectivity index (χ2v) is 3.67. The largest absolute Gasteiger partial charge is 0.330 e.